The fourth-order valence-corrected chi connectivity index (χ4v) is 9.74. The number of nitrogens with zero attached hydrogens (tertiary/aromatic N) is 8. The van der Waals surface area contributed by atoms with E-state index >= 15 is 4.39 Å². The molecule has 0 unspecified atom stereocenters. The van der Waals surface area contributed by atoms with Crippen molar-refractivity contribution in [2.24, 2.45) is 0 Å². The number of benzene rings is 4. The van der Waals surface area contributed by atoms with Crippen LogP contribution in [0.5, 0.6) is 11.5 Å². The maximum Gasteiger partial charge on any atom is 0.253 e. The molecule has 18 heteroatoms. The van der Waals surface area contributed by atoms with Crippen molar-refractivity contribution in [2.75, 3.05) is 148 Å². The zero-order valence-electron chi connectivity index (χ0n) is 42.5. The summed E-state index contributed by atoms with van der Waals surface area (Å²) in [5.41, 5.74) is 10.3. The predicted molar refractivity (Wildman–Crippen MR) is 290 cm³/mol. The van der Waals surface area contributed by atoms with E-state index in [1.807, 2.05) is 66.7 Å². The summed E-state index contributed by atoms with van der Waals surface area (Å²) in [4.78, 5) is 46.3. The Balaban J connectivity index is 0.000000180. The van der Waals surface area contributed by atoms with Gasteiger partial charge in [-0.05, 0) is 86.6 Å². The third-order valence-electron chi connectivity index (χ3n) is 13.8. The molecule has 17 nitrogen and oxygen atoms in total. The van der Waals surface area contributed by atoms with Crippen LogP contribution in [-0.2, 0) is 27.2 Å². The Hall–Kier alpha value is -7.67. The highest BCUT2D eigenvalue weighted by Gasteiger charge is 2.28. The van der Waals surface area contributed by atoms with Crippen molar-refractivity contribution in [2.45, 2.75) is 19.8 Å². The Morgan fingerprint density at radius 2 is 1.12 bits per heavy atom. The van der Waals surface area contributed by atoms with E-state index in [1.165, 1.54) is 0 Å². The molecule has 0 spiro atoms. The van der Waals surface area contributed by atoms with Crippen LogP contribution in [0.25, 0.3) is 0 Å². The van der Waals surface area contributed by atoms with E-state index < -0.39 is 5.82 Å². The number of hydrogen-bond donors (Lipinski definition) is 4. The molecule has 2 saturated heterocycles. The number of rotatable bonds is 14. The minimum atomic E-state index is -0.521. The molecule has 2 aromatic heterocycles. The summed E-state index contributed by atoms with van der Waals surface area (Å²) in [5.74, 6) is 1.56. The lowest BCUT2D eigenvalue weighted by atomic mass is 10.1. The normalized spacial score (nSPS) is 15.5. The molecule has 0 bridgehead atoms. The van der Waals surface area contributed by atoms with Gasteiger partial charge in [0.1, 0.15) is 23.9 Å². The number of amides is 2. The standard InChI is InChI=1S/C28H34N6O3.C27H31FN6O2/c1-32-13-15-33(16-14-32)22-7-8-23(25(18-22)37-3)31-26-17-21(9-11-29-26)30-24-6-4-5-20-10-12-34(28(20)24)27(35)19-36-2;1-18(35)34-12-10-19-5-4-6-23(26(19)34)30-22-9-11-29-27(25(22)28)31-21-8-7-20(17-24(21)36-3)33-15-13-32(2)14-16-33/h4-9,11,17-18H,10,12-16,19H2,1-3H3,(H2,29,30,31);4-9,11,17H,10,12-16H2,1-3H3,(H2,29,30,31). The number of para-hydroxylation sites is 2. The highest BCUT2D eigenvalue weighted by atomic mass is 19.1. The molecule has 0 aliphatic carbocycles. The van der Waals surface area contributed by atoms with Crippen LogP contribution in [0.4, 0.5) is 72.9 Å². The van der Waals surface area contributed by atoms with E-state index in [0.717, 1.165) is 122 Å². The van der Waals surface area contributed by atoms with Crippen molar-refractivity contribution in [3.63, 3.8) is 0 Å². The molecule has 2 fully saturated rings. The first-order valence-electron chi connectivity index (χ1n) is 24.7. The first-order valence-corrected chi connectivity index (χ1v) is 24.7. The summed E-state index contributed by atoms with van der Waals surface area (Å²) in [6, 6.07) is 29.4. The minimum absolute atomic E-state index is 0.0346. The number of pyridine rings is 2. The lowest BCUT2D eigenvalue weighted by molar-refractivity contribution is -0.122. The Bertz CT molecular complexity index is 2930. The molecular formula is C55H65FN12O5. The number of nitrogens with one attached hydrogen (secondary N) is 4. The number of carbonyl (C=O) groups excluding carboxylic acids is 2. The summed E-state index contributed by atoms with van der Waals surface area (Å²) in [5, 5.41) is 13.2. The number of ether oxygens (including phenoxy) is 3. The molecule has 73 heavy (non-hydrogen) atoms. The third kappa shape index (κ3) is 11.5. The van der Waals surface area contributed by atoms with Gasteiger partial charge in [0, 0.05) is 127 Å². The molecule has 4 N–H and O–H groups in total. The number of methoxy groups -OCH3 is 3. The number of carbonyl (C=O) groups is 2. The van der Waals surface area contributed by atoms with Gasteiger partial charge in [-0.1, -0.05) is 24.3 Å². The van der Waals surface area contributed by atoms with Crippen molar-refractivity contribution in [1.29, 1.82) is 0 Å². The fraction of sp³-hybridized carbons (Fsp3) is 0.345. The quantitative estimate of drug-likeness (QED) is 0.0828. The van der Waals surface area contributed by atoms with E-state index in [-0.39, 0.29) is 29.9 Å². The van der Waals surface area contributed by atoms with Crippen LogP contribution in [0.15, 0.2) is 103 Å². The van der Waals surface area contributed by atoms with E-state index in [1.54, 1.807) is 56.5 Å². The molecule has 10 rings (SSSR count). The van der Waals surface area contributed by atoms with E-state index in [4.69, 9.17) is 14.2 Å². The van der Waals surface area contributed by atoms with Gasteiger partial charge in [0.05, 0.1) is 54.0 Å². The maximum absolute atomic E-state index is 15.6. The topological polar surface area (TPSA) is 155 Å². The molecule has 2 amide bonds. The third-order valence-corrected chi connectivity index (χ3v) is 13.8. The van der Waals surface area contributed by atoms with Crippen molar-refractivity contribution < 1.29 is 28.2 Å². The Kier molecular flexibility index (Phi) is 15.7. The molecule has 4 aliphatic heterocycles. The Morgan fingerprint density at radius 1 is 0.575 bits per heavy atom. The molecular weight excluding hydrogens is 928 g/mol. The van der Waals surface area contributed by atoms with Crippen LogP contribution in [-0.4, -0.2) is 139 Å². The van der Waals surface area contributed by atoms with Crippen molar-refractivity contribution in [3.05, 3.63) is 120 Å². The lowest BCUT2D eigenvalue weighted by Gasteiger charge is -2.34. The zero-order valence-corrected chi connectivity index (χ0v) is 42.5. The molecule has 0 atom stereocenters. The van der Waals surface area contributed by atoms with Gasteiger partial charge in [-0.3, -0.25) is 9.59 Å². The summed E-state index contributed by atoms with van der Waals surface area (Å²) in [7, 11) is 9.11. The Morgan fingerprint density at radius 3 is 1.70 bits per heavy atom. The van der Waals surface area contributed by atoms with Gasteiger partial charge in [-0.2, -0.15) is 0 Å². The van der Waals surface area contributed by atoms with Gasteiger partial charge in [0.25, 0.3) is 5.91 Å². The van der Waals surface area contributed by atoms with E-state index in [0.29, 0.717) is 36.0 Å². The van der Waals surface area contributed by atoms with Crippen molar-refractivity contribution >= 4 is 80.3 Å². The van der Waals surface area contributed by atoms with Crippen LogP contribution in [0.3, 0.4) is 0 Å². The molecule has 0 saturated carbocycles. The smallest absolute Gasteiger partial charge is 0.253 e. The number of aromatic nitrogens is 2. The molecule has 4 aliphatic rings. The van der Waals surface area contributed by atoms with Gasteiger partial charge in [0.15, 0.2) is 11.6 Å². The highest BCUT2D eigenvalue weighted by molar-refractivity contribution is 6.01. The minimum Gasteiger partial charge on any atom is -0.494 e. The van der Waals surface area contributed by atoms with Crippen LogP contribution in [0.1, 0.15) is 18.1 Å². The van der Waals surface area contributed by atoms with Gasteiger partial charge >= 0.3 is 0 Å². The van der Waals surface area contributed by atoms with Gasteiger partial charge in [0.2, 0.25) is 5.91 Å². The summed E-state index contributed by atoms with van der Waals surface area (Å²) in [6.45, 7) is 10.9. The van der Waals surface area contributed by atoms with Gasteiger partial charge in [-0.15, -0.1) is 0 Å². The summed E-state index contributed by atoms with van der Waals surface area (Å²) < 4.78 is 32.0. The highest BCUT2D eigenvalue weighted by Crippen LogP contribution is 2.41. The molecule has 0 radical (unpaired) electrons. The lowest BCUT2D eigenvalue weighted by Crippen LogP contribution is -2.44. The van der Waals surface area contributed by atoms with E-state index in [9.17, 15) is 9.59 Å². The Labute approximate surface area is 426 Å². The van der Waals surface area contributed by atoms with Crippen LogP contribution < -0.4 is 50.3 Å². The first-order chi connectivity index (χ1) is 35.5. The number of halogens is 1. The number of fused-ring (bicyclic) bond motifs is 2. The number of hydrogen-bond acceptors (Lipinski definition) is 15. The second kappa shape index (κ2) is 22.8. The van der Waals surface area contributed by atoms with Crippen LogP contribution in [0, 0.1) is 5.82 Å². The van der Waals surface area contributed by atoms with Crippen molar-refractivity contribution in [1.82, 2.24) is 19.8 Å². The summed E-state index contributed by atoms with van der Waals surface area (Å²) in [6.07, 6.45) is 4.91. The molecule has 6 heterocycles. The van der Waals surface area contributed by atoms with Gasteiger partial charge < -0.3 is 64.9 Å². The zero-order chi connectivity index (χ0) is 51.0. The molecule has 6 aromatic rings. The number of likely N-dealkylation sites (N-methyl/N-ethyl adjacent to an activating group) is 2. The van der Waals surface area contributed by atoms with Crippen molar-refractivity contribution in [3.8, 4) is 11.5 Å². The average Bonchev–Trinajstić information content (AvgIpc) is 4.06. The molecule has 382 valence electrons. The summed E-state index contributed by atoms with van der Waals surface area (Å²) >= 11 is 0. The largest absolute Gasteiger partial charge is 0.494 e. The monoisotopic (exact) mass is 993 g/mol. The van der Waals surface area contributed by atoms with Crippen LogP contribution in [0.2, 0.25) is 0 Å². The number of piperazine rings is 2. The SMILES string of the molecule is COCC(=O)N1CCc2cccc(Nc3ccnc(Nc4ccc(N5CCN(C)CC5)cc4OC)c3)c21.COc1cc(N2CCN(C)CC2)ccc1Nc1nccc(Nc2cccc3c2N(C(C)=O)CC3)c1F. The first kappa shape index (κ1) is 50.3. The predicted octanol–water partition coefficient (Wildman–Crippen LogP) is 8.24. The van der Waals surface area contributed by atoms with Crippen LogP contribution >= 0.6 is 0 Å². The average molecular weight is 993 g/mol. The number of anilines is 12. The van der Waals surface area contributed by atoms with Gasteiger partial charge in [-0.25, -0.2) is 14.4 Å². The van der Waals surface area contributed by atoms with E-state index in [2.05, 4.69) is 83.1 Å². The second-order valence-electron chi connectivity index (χ2n) is 18.6. The maximum atomic E-state index is 15.6. The fourth-order valence-electron chi connectivity index (χ4n) is 9.74. The second-order valence-corrected chi connectivity index (χ2v) is 18.6. The molecule has 4 aromatic carbocycles.